The zero-order valence-electron chi connectivity index (χ0n) is 17.3. The molecule has 4 aromatic rings. The molecule has 0 spiro atoms. The van der Waals surface area contributed by atoms with Crippen LogP contribution in [0.5, 0.6) is 0 Å². The summed E-state index contributed by atoms with van der Waals surface area (Å²) in [6, 6.07) is 17.9. The molecule has 0 atom stereocenters. The highest BCUT2D eigenvalue weighted by Gasteiger charge is 2.32. The molecule has 2 heteroatoms. The third-order valence-corrected chi connectivity index (χ3v) is 7.03. The van der Waals surface area contributed by atoms with Crippen LogP contribution in [0, 0.1) is 12.3 Å². The summed E-state index contributed by atoms with van der Waals surface area (Å²) in [6.45, 7) is 9.33. The van der Waals surface area contributed by atoms with Crippen LogP contribution < -0.4 is 4.57 Å². The molecule has 0 bridgehead atoms. The molecule has 0 saturated carbocycles. The van der Waals surface area contributed by atoms with E-state index in [0.29, 0.717) is 0 Å². The van der Waals surface area contributed by atoms with Gasteiger partial charge >= 0.3 is 0 Å². The molecule has 140 valence electrons. The van der Waals surface area contributed by atoms with Gasteiger partial charge in [-0.15, -0.1) is 0 Å². The number of fused-ring (bicyclic) bond motifs is 3. The molecule has 0 unspecified atom stereocenters. The maximum atomic E-state index is 2.34. The monoisotopic (exact) mass is 384 g/mol. The minimum absolute atomic E-state index is 0.234. The molecule has 3 aromatic carbocycles. The van der Waals surface area contributed by atoms with Crippen molar-refractivity contribution >= 4 is 33.3 Å². The first-order valence-electron chi connectivity index (χ1n) is 9.99. The van der Waals surface area contributed by atoms with Crippen LogP contribution in [-0.4, -0.2) is 0 Å². The van der Waals surface area contributed by atoms with E-state index in [1.54, 1.807) is 0 Å². The predicted molar refractivity (Wildman–Crippen MR) is 120 cm³/mol. The fraction of sp³-hybridized carbons (Fsp3) is 0.269. The van der Waals surface area contributed by atoms with Crippen molar-refractivity contribution in [3.05, 3.63) is 65.9 Å². The summed E-state index contributed by atoms with van der Waals surface area (Å²) in [7, 11) is 2.18. The summed E-state index contributed by atoms with van der Waals surface area (Å²) in [6.07, 6.45) is 3.28. The molecular formula is C26H26NS+. The Morgan fingerprint density at radius 3 is 2.43 bits per heavy atom. The summed E-state index contributed by atoms with van der Waals surface area (Å²) < 4.78 is 2.31. The van der Waals surface area contributed by atoms with Crippen LogP contribution in [-0.2, 0) is 13.5 Å². The number of pyridine rings is 1. The molecule has 0 N–H and O–H groups in total. The normalized spacial score (nSPS) is 13.2. The number of hydrogen-bond donors (Lipinski definition) is 0. The first-order valence-corrected chi connectivity index (χ1v) is 10.8. The molecule has 0 aliphatic carbocycles. The number of aromatic nitrogens is 1. The van der Waals surface area contributed by atoms with E-state index >= 15 is 0 Å². The highest BCUT2D eigenvalue weighted by molar-refractivity contribution is 7.99. The lowest BCUT2D eigenvalue weighted by molar-refractivity contribution is -0.659. The van der Waals surface area contributed by atoms with Gasteiger partial charge in [-0.2, -0.15) is 0 Å². The van der Waals surface area contributed by atoms with Crippen molar-refractivity contribution in [2.24, 2.45) is 12.5 Å². The topological polar surface area (TPSA) is 3.88 Å². The molecule has 0 saturated heterocycles. The minimum Gasteiger partial charge on any atom is -0.200 e. The summed E-state index contributed by atoms with van der Waals surface area (Å²) in [5.74, 6) is 0. The van der Waals surface area contributed by atoms with Gasteiger partial charge in [0.05, 0.1) is 10.9 Å². The maximum absolute atomic E-state index is 2.34. The largest absolute Gasteiger partial charge is 0.222 e. The lowest BCUT2D eigenvalue weighted by Gasteiger charge is -2.27. The first kappa shape index (κ1) is 17.8. The number of nitrogens with zero attached hydrogens (tertiary/aromatic N) is 1. The average Bonchev–Trinajstić information content (AvgIpc) is 2.66. The van der Waals surface area contributed by atoms with E-state index in [4.69, 9.17) is 0 Å². The fourth-order valence-electron chi connectivity index (χ4n) is 4.63. The smallest absolute Gasteiger partial charge is 0.200 e. The van der Waals surface area contributed by atoms with Gasteiger partial charge in [0.25, 0.3) is 0 Å². The fourth-order valence-corrected chi connectivity index (χ4v) is 5.98. The van der Waals surface area contributed by atoms with E-state index in [0.717, 1.165) is 6.42 Å². The van der Waals surface area contributed by atoms with Gasteiger partial charge in [-0.1, -0.05) is 68.9 Å². The van der Waals surface area contributed by atoms with Gasteiger partial charge in [0.2, 0.25) is 5.69 Å². The third kappa shape index (κ3) is 2.58. The van der Waals surface area contributed by atoms with Crippen molar-refractivity contribution in [3.63, 3.8) is 0 Å². The van der Waals surface area contributed by atoms with Gasteiger partial charge in [0, 0.05) is 15.9 Å². The zero-order valence-corrected chi connectivity index (χ0v) is 18.1. The molecule has 0 amide bonds. The predicted octanol–water partition coefficient (Wildman–Crippen LogP) is 6.85. The second-order valence-corrected chi connectivity index (χ2v) is 10.2. The van der Waals surface area contributed by atoms with Crippen LogP contribution in [0.3, 0.4) is 0 Å². The average molecular weight is 385 g/mol. The standard InChI is InChI=1S/C26H26NS/c1-16-18-10-6-7-11-19(18)20(15-26(2,3)4)25-22(16)24-23-17(13-14-27(24)5)9-8-12-21(23)28-25/h6-14H,15H2,1-5H3/q+1. The lowest BCUT2D eigenvalue weighted by Crippen LogP contribution is -2.32. The maximum Gasteiger partial charge on any atom is 0.222 e. The summed E-state index contributed by atoms with van der Waals surface area (Å²) in [4.78, 5) is 2.83. The molecule has 0 radical (unpaired) electrons. The Morgan fingerprint density at radius 1 is 0.929 bits per heavy atom. The molecule has 1 nitrogen and oxygen atoms in total. The van der Waals surface area contributed by atoms with E-state index in [2.05, 4.69) is 94.0 Å². The molecule has 1 aliphatic heterocycles. The van der Waals surface area contributed by atoms with Crippen LogP contribution in [0.2, 0.25) is 0 Å². The van der Waals surface area contributed by atoms with Crippen molar-refractivity contribution in [1.82, 2.24) is 0 Å². The Balaban J connectivity index is 1.98. The van der Waals surface area contributed by atoms with E-state index in [-0.39, 0.29) is 5.41 Å². The molecule has 1 aromatic heterocycles. The van der Waals surface area contributed by atoms with Crippen molar-refractivity contribution in [1.29, 1.82) is 0 Å². The van der Waals surface area contributed by atoms with Gasteiger partial charge < -0.3 is 0 Å². The molecule has 28 heavy (non-hydrogen) atoms. The highest BCUT2D eigenvalue weighted by Crippen LogP contribution is 2.52. The van der Waals surface area contributed by atoms with Crippen LogP contribution in [0.15, 0.2) is 64.5 Å². The van der Waals surface area contributed by atoms with E-state index in [9.17, 15) is 0 Å². The van der Waals surface area contributed by atoms with Gasteiger partial charge in [0.15, 0.2) is 6.20 Å². The van der Waals surface area contributed by atoms with Crippen molar-refractivity contribution < 1.29 is 4.57 Å². The highest BCUT2D eigenvalue weighted by atomic mass is 32.2. The Labute approximate surface area is 171 Å². The molecular weight excluding hydrogens is 358 g/mol. The van der Waals surface area contributed by atoms with Gasteiger partial charge in [0.1, 0.15) is 7.05 Å². The molecule has 0 fully saturated rings. The molecule has 1 aliphatic rings. The number of rotatable bonds is 1. The Morgan fingerprint density at radius 2 is 1.68 bits per heavy atom. The Bertz CT molecular complexity index is 1260. The van der Waals surface area contributed by atoms with Gasteiger partial charge in [-0.25, -0.2) is 4.57 Å². The number of aryl methyl sites for hydroxylation is 2. The quantitative estimate of drug-likeness (QED) is 0.286. The Kier molecular flexibility index (Phi) is 3.86. The van der Waals surface area contributed by atoms with E-state index < -0.39 is 0 Å². The van der Waals surface area contributed by atoms with Crippen molar-refractivity contribution in [2.75, 3.05) is 0 Å². The van der Waals surface area contributed by atoms with Gasteiger partial charge in [-0.3, -0.25) is 0 Å². The zero-order chi connectivity index (χ0) is 19.6. The van der Waals surface area contributed by atoms with Crippen LogP contribution in [0.1, 0.15) is 31.9 Å². The van der Waals surface area contributed by atoms with E-state index in [1.807, 2.05) is 11.8 Å². The number of hydrogen-bond acceptors (Lipinski definition) is 1. The van der Waals surface area contributed by atoms with Crippen LogP contribution in [0.25, 0.3) is 32.8 Å². The first-order chi connectivity index (χ1) is 13.3. The van der Waals surface area contributed by atoms with Gasteiger partial charge in [-0.05, 0) is 52.1 Å². The van der Waals surface area contributed by atoms with Crippen molar-refractivity contribution in [3.8, 4) is 11.3 Å². The number of benzene rings is 3. The summed E-state index contributed by atoms with van der Waals surface area (Å²) in [5, 5.41) is 5.52. The van der Waals surface area contributed by atoms with E-state index in [1.165, 1.54) is 53.7 Å². The minimum atomic E-state index is 0.234. The Hall–Kier alpha value is -2.32. The lowest BCUT2D eigenvalue weighted by atomic mass is 9.83. The molecule has 2 heterocycles. The van der Waals surface area contributed by atoms with Crippen LogP contribution >= 0.6 is 11.8 Å². The summed E-state index contributed by atoms with van der Waals surface area (Å²) >= 11 is 1.97. The SMILES string of the molecule is Cc1c2c(c(CC(C)(C)C)c3ccccc13)Sc1cccc3cc[n+](C)c-2c13. The second-order valence-electron chi connectivity index (χ2n) is 9.19. The van der Waals surface area contributed by atoms with Crippen molar-refractivity contribution in [2.45, 2.75) is 43.9 Å². The van der Waals surface area contributed by atoms with Crippen LogP contribution in [0.4, 0.5) is 0 Å². The summed E-state index contributed by atoms with van der Waals surface area (Å²) in [5.41, 5.74) is 5.92. The third-order valence-electron chi connectivity index (χ3n) is 5.81. The molecule has 5 rings (SSSR count). The second kappa shape index (κ2) is 6.09.